The Morgan fingerprint density at radius 2 is 1.75 bits per heavy atom. The summed E-state index contributed by atoms with van der Waals surface area (Å²) in [5.41, 5.74) is 10.5. The summed E-state index contributed by atoms with van der Waals surface area (Å²) in [5.74, 6) is 0.136. The molecule has 0 aliphatic heterocycles. The van der Waals surface area contributed by atoms with Crippen LogP contribution in [0.3, 0.4) is 0 Å². The maximum absolute atomic E-state index is 13.1. The van der Waals surface area contributed by atoms with E-state index in [2.05, 4.69) is 11.1 Å². The van der Waals surface area contributed by atoms with Crippen LogP contribution in [0.25, 0.3) is 11.3 Å². The molecule has 0 unspecified atom stereocenters. The van der Waals surface area contributed by atoms with Crippen LogP contribution in [0.1, 0.15) is 29.5 Å². The van der Waals surface area contributed by atoms with E-state index in [0.29, 0.717) is 11.4 Å². The van der Waals surface area contributed by atoms with Gasteiger partial charge in [-0.1, -0.05) is 0 Å². The third-order valence-corrected chi connectivity index (χ3v) is 3.85. The van der Waals surface area contributed by atoms with Crippen LogP contribution in [0.4, 0.5) is 10.2 Å². The van der Waals surface area contributed by atoms with E-state index < -0.39 is 0 Å². The fourth-order valence-electron chi connectivity index (χ4n) is 2.88. The summed E-state index contributed by atoms with van der Waals surface area (Å²) in [7, 11) is 0. The molecule has 0 fully saturated rings. The lowest BCUT2D eigenvalue weighted by Gasteiger charge is -2.19. The van der Waals surface area contributed by atoms with Gasteiger partial charge in [0.05, 0.1) is 0 Å². The van der Waals surface area contributed by atoms with Crippen molar-refractivity contribution in [2.24, 2.45) is 0 Å². The van der Waals surface area contributed by atoms with Crippen molar-refractivity contribution in [3.05, 3.63) is 46.8 Å². The molecule has 100 valence electrons. The van der Waals surface area contributed by atoms with Crippen molar-refractivity contribution < 1.29 is 9.37 Å². The van der Waals surface area contributed by atoms with Gasteiger partial charge < -0.3 is 0 Å². The first-order valence-electron chi connectivity index (χ1n) is 6.73. The molecule has 0 amide bonds. The van der Waals surface area contributed by atoms with Gasteiger partial charge >= 0.3 is 0 Å². The monoisotopic (exact) mass is 268 g/mol. The van der Waals surface area contributed by atoms with E-state index in [1.807, 2.05) is 0 Å². The number of hydrogen-bond donors (Lipinski definition) is 1. The van der Waals surface area contributed by atoms with Crippen molar-refractivity contribution in [3.63, 3.8) is 0 Å². The minimum absolute atomic E-state index is 0.260. The highest BCUT2D eigenvalue weighted by Gasteiger charge is 2.24. The number of H-pyrrole nitrogens is 1. The molecule has 1 aromatic heterocycles. The predicted molar refractivity (Wildman–Crippen MR) is 74.2 cm³/mol. The lowest BCUT2D eigenvalue weighted by molar-refractivity contribution is -0.348. The molecule has 0 saturated carbocycles. The molecule has 0 atom stereocenters. The molecule has 0 spiro atoms. The zero-order valence-corrected chi connectivity index (χ0v) is 11.0. The Labute approximate surface area is 116 Å². The molecule has 3 rings (SSSR count). The lowest BCUT2D eigenvalue weighted by atomic mass is 9.86. The van der Waals surface area contributed by atoms with Gasteiger partial charge in [-0.3, -0.25) is 5.73 Å². The molecule has 1 aliphatic rings. The number of halogens is 1. The topological polar surface area (TPSA) is 64.0 Å². The van der Waals surface area contributed by atoms with Crippen molar-refractivity contribution in [1.82, 2.24) is 0 Å². The van der Waals surface area contributed by atoms with Crippen molar-refractivity contribution in [1.29, 1.82) is 5.26 Å². The number of hydrogen-bond acceptors (Lipinski definition) is 2. The van der Waals surface area contributed by atoms with Gasteiger partial charge in [0.15, 0.2) is 0 Å². The summed E-state index contributed by atoms with van der Waals surface area (Å²) in [6, 6.07) is 8.54. The average Bonchev–Trinajstić information content (AvgIpc) is 2.47. The number of fused-ring (bicyclic) bond motifs is 1. The van der Waals surface area contributed by atoms with Crippen molar-refractivity contribution in [2.45, 2.75) is 25.7 Å². The number of nitrogen functional groups attached to an aromatic ring is 1. The van der Waals surface area contributed by atoms with Gasteiger partial charge in [-0.05, 0) is 55.5 Å². The van der Waals surface area contributed by atoms with Crippen LogP contribution >= 0.6 is 0 Å². The summed E-state index contributed by atoms with van der Waals surface area (Å²) in [6.45, 7) is 0. The van der Waals surface area contributed by atoms with Crippen molar-refractivity contribution in [3.8, 4) is 17.3 Å². The predicted octanol–water partition coefficient (Wildman–Crippen LogP) is 2.64. The molecule has 3 N–H and O–H groups in total. The molecule has 1 heterocycles. The first-order valence-corrected chi connectivity index (χ1v) is 6.73. The van der Waals surface area contributed by atoms with Gasteiger partial charge in [-0.2, -0.15) is 5.26 Å². The number of nitrogens with two attached hydrogens (primary N) is 1. The lowest BCUT2D eigenvalue weighted by Crippen LogP contribution is -2.22. The largest absolute Gasteiger partial charge is 0.289 e. The minimum Gasteiger partial charge on any atom is -0.286 e. The summed E-state index contributed by atoms with van der Waals surface area (Å²) < 4.78 is 13.1. The van der Waals surface area contributed by atoms with E-state index in [9.17, 15) is 9.65 Å². The molecule has 1 aromatic carbocycles. The van der Waals surface area contributed by atoms with Crippen LogP contribution in [-0.4, -0.2) is 0 Å². The molecule has 0 bridgehead atoms. The molecule has 1 aliphatic carbocycles. The summed E-state index contributed by atoms with van der Waals surface area (Å²) in [5, 5.41) is 9.27. The Kier molecular flexibility index (Phi) is 3.11. The van der Waals surface area contributed by atoms with Crippen molar-refractivity contribution in [2.75, 3.05) is 5.73 Å². The molecule has 20 heavy (non-hydrogen) atoms. The van der Waals surface area contributed by atoms with Crippen LogP contribution in [0.2, 0.25) is 0 Å². The maximum Gasteiger partial charge on any atom is 0.289 e. The van der Waals surface area contributed by atoms with Crippen LogP contribution in [0.15, 0.2) is 24.3 Å². The first kappa shape index (κ1) is 12.6. The summed E-state index contributed by atoms with van der Waals surface area (Å²) in [4.78, 5) is 3.12. The van der Waals surface area contributed by atoms with Crippen LogP contribution in [-0.2, 0) is 12.8 Å². The van der Waals surface area contributed by atoms with E-state index in [0.717, 1.165) is 48.1 Å². The molecule has 4 heteroatoms. The van der Waals surface area contributed by atoms with Crippen LogP contribution in [0.5, 0.6) is 0 Å². The Hall–Kier alpha value is -2.41. The number of aromatic amines is 1. The van der Waals surface area contributed by atoms with Gasteiger partial charge in [0.25, 0.3) is 5.82 Å². The van der Waals surface area contributed by atoms with E-state index in [-0.39, 0.29) is 5.82 Å². The fraction of sp³-hybridized carbons (Fsp3) is 0.250. The van der Waals surface area contributed by atoms with Gasteiger partial charge in [0.1, 0.15) is 23.1 Å². The normalized spacial score (nSPS) is 13.6. The van der Waals surface area contributed by atoms with E-state index >= 15 is 0 Å². The third-order valence-electron chi connectivity index (χ3n) is 3.85. The molecule has 2 aromatic rings. The van der Waals surface area contributed by atoms with Crippen molar-refractivity contribution >= 4 is 5.82 Å². The summed E-state index contributed by atoms with van der Waals surface area (Å²) in [6.07, 6.45) is 3.98. The summed E-state index contributed by atoms with van der Waals surface area (Å²) >= 11 is 0. The van der Waals surface area contributed by atoms with Gasteiger partial charge in [-0.25, -0.2) is 9.37 Å². The van der Waals surface area contributed by atoms with Gasteiger partial charge in [-0.15, -0.1) is 0 Å². The number of anilines is 1. The SMILES string of the molecule is N#Cc1c(N)[nH+]c(-c2ccc(F)cc2)c2c1CCCC2. The third kappa shape index (κ3) is 2.01. The van der Waals surface area contributed by atoms with E-state index in [1.165, 1.54) is 12.1 Å². The quantitative estimate of drug-likeness (QED) is 0.864. The van der Waals surface area contributed by atoms with Gasteiger partial charge in [0, 0.05) is 11.1 Å². The zero-order valence-electron chi connectivity index (χ0n) is 11.0. The molecular formula is C16H15FN3+. The Morgan fingerprint density at radius 1 is 1.10 bits per heavy atom. The molecule has 0 radical (unpaired) electrons. The van der Waals surface area contributed by atoms with Gasteiger partial charge in [0.2, 0.25) is 0 Å². The van der Waals surface area contributed by atoms with Crippen LogP contribution < -0.4 is 10.7 Å². The average molecular weight is 268 g/mol. The number of pyridine rings is 1. The Balaban J connectivity index is 2.24. The van der Waals surface area contributed by atoms with E-state index in [1.54, 1.807) is 12.1 Å². The minimum atomic E-state index is -0.260. The second-order valence-electron chi connectivity index (χ2n) is 5.07. The molecule has 3 nitrogen and oxygen atoms in total. The van der Waals surface area contributed by atoms with E-state index in [4.69, 9.17) is 5.73 Å². The zero-order chi connectivity index (χ0) is 14.1. The standard InChI is InChI=1S/C16H14FN3/c17-11-7-5-10(6-8-11)15-13-4-2-1-3-12(13)14(9-18)16(19)20-15/h5-8H,1-4H2,(H2,19,20)/p+1. The number of benzene rings is 1. The molecular weight excluding hydrogens is 253 g/mol. The highest BCUT2D eigenvalue weighted by atomic mass is 19.1. The second kappa shape index (κ2) is 4.93. The second-order valence-corrected chi connectivity index (χ2v) is 5.07. The smallest absolute Gasteiger partial charge is 0.286 e. The number of aromatic nitrogens is 1. The number of nitrogens with one attached hydrogen (secondary N) is 1. The highest BCUT2D eigenvalue weighted by molar-refractivity contribution is 5.66. The number of rotatable bonds is 1. The maximum atomic E-state index is 13.1. The van der Waals surface area contributed by atoms with Crippen LogP contribution in [0, 0.1) is 17.1 Å². The first-order chi connectivity index (χ1) is 9.70. The molecule has 0 saturated heterocycles. The number of nitrogens with zero attached hydrogens (tertiary/aromatic N) is 1. The highest BCUT2D eigenvalue weighted by Crippen LogP contribution is 2.32. The Morgan fingerprint density at radius 3 is 2.40 bits per heavy atom. The number of nitriles is 1. The Bertz CT molecular complexity index is 699. The fourth-order valence-corrected chi connectivity index (χ4v) is 2.88.